The van der Waals surface area contributed by atoms with Gasteiger partial charge in [0.05, 0.1) is 45.9 Å². The van der Waals surface area contributed by atoms with Crippen LogP contribution in [0.1, 0.15) is 44.2 Å². The minimum Gasteiger partial charge on any atom is -0.481 e. The summed E-state index contributed by atoms with van der Waals surface area (Å²) in [6.07, 6.45) is -3.63. The third kappa shape index (κ3) is 3.84. The maximum Gasteiger partial charge on any atom is 0.417 e. The Balaban J connectivity index is 1.61. The first kappa shape index (κ1) is 24.2. The number of nitrogens with zero attached hydrogens (tertiary/aromatic N) is 3. The lowest BCUT2D eigenvalue weighted by atomic mass is 9.79. The number of hydrogen-bond acceptors (Lipinski definition) is 6. The molecule has 3 aliphatic rings. The molecular weight excluding hydrogens is 455 g/mol. The van der Waals surface area contributed by atoms with E-state index in [1.165, 1.54) is 12.1 Å². The van der Waals surface area contributed by atoms with Gasteiger partial charge in [-0.2, -0.15) is 18.4 Å². The average Bonchev–Trinajstić information content (AvgIpc) is 3.10. The van der Waals surface area contributed by atoms with Crippen molar-refractivity contribution in [3.63, 3.8) is 0 Å². The quantitative estimate of drug-likeness (QED) is 0.493. The van der Waals surface area contributed by atoms with Crippen LogP contribution in [0.2, 0.25) is 0 Å². The van der Waals surface area contributed by atoms with Gasteiger partial charge in [-0.3, -0.25) is 19.3 Å². The fourth-order valence-corrected chi connectivity index (χ4v) is 5.79. The van der Waals surface area contributed by atoms with Crippen LogP contribution in [0.4, 0.5) is 18.9 Å². The van der Waals surface area contributed by atoms with Crippen LogP contribution < -0.4 is 4.90 Å². The Kier molecular flexibility index (Phi) is 5.73. The van der Waals surface area contributed by atoms with Crippen LogP contribution in [0.5, 0.6) is 0 Å². The number of carboxylic acid groups (broad SMARTS) is 1. The molecule has 0 radical (unpaired) electrons. The second-order valence-corrected chi connectivity index (χ2v) is 9.60. The number of alkyl halides is 3. The zero-order chi connectivity index (χ0) is 25.1. The number of nitriles is 1. The van der Waals surface area contributed by atoms with E-state index in [1.54, 1.807) is 13.8 Å². The lowest BCUT2D eigenvalue weighted by molar-refractivity contribution is -0.169. The molecule has 182 valence electrons. The first-order chi connectivity index (χ1) is 15.8. The number of benzene rings is 1. The fraction of sp³-hybridized carbons (Fsp3) is 0.565. The van der Waals surface area contributed by atoms with E-state index in [9.17, 15) is 27.6 Å². The van der Waals surface area contributed by atoms with E-state index >= 15 is 0 Å². The number of anilines is 1. The minimum absolute atomic E-state index is 0.0561. The van der Waals surface area contributed by atoms with Crippen LogP contribution in [0, 0.1) is 23.2 Å². The smallest absolute Gasteiger partial charge is 0.417 e. The van der Waals surface area contributed by atoms with Gasteiger partial charge in [0.15, 0.2) is 0 Å². The number of morpholine rings is 1. The molecule has 0 spiro atoms. The Morgan fingerprint density at radius 1 is 1.18 bits per heavy atom. The largest absolute Gasteiger partial charge is 0.481 e. The number of imide groups is 1. The molecule has 1 aromatic rings. The minimum atomic E-state index is -4.82. The van der Waals surface area contributed by atoms with E-state index in [2.05, 4.69) is 4.90 Å². The Morgan fingerprint density at radius 2 is 1.76 bits per heavy atom. The van der Waals surface area contributed by atoms with E-state index in [1.807, 2.05) is 0 Å². The summed E-state index contributed by atoms with van der Waals surface area (Å²) in [6, 6.07) is 4.31. The van der Waals surface area contributed by atoms with Crippen molar-refractivity contribution < 1.29 is 37.4 Å². The number of rotatable bonds is 6. The maximum absolute atomic E-state index is 13.5. The summed E-state index contributed by atoms with van der Waals surface area (Å²) < 4.78 is 46.6. The molecule has 2 amide bonds. The molecule has 3 fully saturated rings. The summed E-state index contributed by atoms with van der Waals surface area (Å²) in [5.41, 5.74) is -4.05. The van der Waals surface area contributed by atoms with Crippen molar-refractivity contribution in [1.82, 2.24) is 4.90 Å². The lowest BCUT2D eigenvalue weighted by Gasteiger charge is -2.45. The number of carbonyl (C=O) groups excluding carboxylic acids is 2. The predicted molar refractivity (Wildman–Crippen MR) is 111 cm³/mol. The number of aliphatic carboxylic acids is 1. The first-order valence-corrected chi connectivity index (χ1v) is 10.9. The molecule has 8 nitrogen and oxygen atoms in total. The van der Waals surface area contributed by atoms with E-state index in [4.69, 9.17) is 15.1 Å². The summed E-state index contributed by atoms with van der Waals surface area (Å²) in [6.45, 7) is 4.72. The molecule has 4 atom stereocenters. The Hall–Kier alpha value is -2.97. The van der Waals surface area contributed by atoms with Crippen molar-refractivity contribution in [1.29, 1.82) is 5.26 Å². The van der Waals surface area contributed by atoms with E-state index in [-0.39, 0.29) is 12.1 Å². The molecule has 3 aliphatic heterocycles. The van der Waals surface area contributed by atoms with Gasteiger partial charge in [0.1, 0.15) is 0 Å². The van der Waals surface area contributed by atoms with Crippen LogP contribution in [0.3, 0.4) is 0 Å². The molecular formula is C23H24F3N3O5. The number of fused-ring (bicyclic) bond motifs is 5. The first-order valence-electron chi connectivity index (χ1n) is 10.9. The van der Waals surface area contributed by atoms with Crippen LogP contribution in [0.25, 0.3) is 0 Å². The van der Waals surface area contributed by atoms with Gasteiger partial charge >= 0.3 is 12.1 Å². The van der Waals surface area contributed by atoms with Gasteiger partial charge in [-0.1, -0.05) is 0 Å². The number of carbonyl (C=O) groups is 3. The molecule has 0 aliphatic carbocycles. The van der Waals surface area contributed by atoms with E-state index in [0.29, 0.717) is 38.5 Å². The number of carboxylic acids is 1. The summed E-state index contributed by atoms with van der Waals surface area (Å²) in [5, 5.41) is 17.8. The third-order valence-corrected chi connectivity index (χ3v) is 6.97. The zero-order valence-corrected chi connectivity index (χ0v) is 18.7. The second kappa shape index (κ2) is 8.06. The van der Waals surface area contributed by atoms with Crippen molar-refractivity contribution in [3.8, 4) is 6.07 Å². The molecule has 3 saturated heterocycles. The lowest BCUT2D eigenvalue weighted by Crippen LogP contribution is -2.58. The maximum atomic E-state index is 13.5. The van der Waals surface area contributed by atoms with Gasteiger partial charge in [0, 0.05) is 19.5 Å². The highest BCUT2D eigenvalue weighted by Crippen LogP contribution is 2.55. The van der Waals surface area contributed by atoms with Gasteiger partial charge in [0.2, 0.25) is 11.8 Å². The fourth-order valence-electron chi connectivity index (χ4n) is 5.79. The summed E-state index contributed by atoms with van der Waals surface area (Å²) >= 11 is 0. The number of halogens is 3. The number of amides is 2. The van der Waals surface area contributed by atoms with Gasteiger partial charge in [-0.25, -0.2) is 4.90 Å². The van der Waals surface area contributed by atoms with Crippen molar-refractivity contribution in [2.45, 2.75) is 50.5 Å². The Morgan fingerprint density at radius 3 is 2.26 bits per heavy atom. The van der Waals surface area contributed by atoms with Crippen LogP contribution in [-0.2, 0) is 25.3 Å². The number of hydrogen-bond donors (Lipinski definition) is 1. The molecule has 3 heterocycles. The van der Waals surface area contributed by atoms with E-state index in [0.717, 1.165) is 11.0 Å². The van der Waals surface area contributed by atoms with Crippen molar-refractivity contribution in [2.75, 3.05) is 24.5 Å². The summed E-state index contributed by atoms with van der Waals surface area (Å²) in [7, 11) is 0. The molecule has 34 heavy (non-hydrogen) atoms. The highest BCUT2D eigenvalue weighted by Gasteiger charge is 2.71. The summed E-state index contributed by atoms with van der Waals surface area (Å²) in [4.78, 5) is 40.5. The molecule has 0 aromatic heterocycles. The normalized spacial score (nSPS) is 31.0. The average molecular weight is 479 g/mol. The number of unbranched alkanes of at least 4 members (excludes halogenated alkanes) is 1. The van der Waals surface area contributed by atoms with Gasteiger partial charge in [-0.05, 0) is 51.4 Å². The highest BCUT2D eigenvalue weighted by atomic mass is 19.4. The second-order valence-electron chi connectivity index (χ2n) is 9.60. The van der Waals surface area contributed by atoms with Crippen molar-refractivity contribution in [2.24, 2.45) is 11.8 Å². The van der Waals surface area contributed by atoms with Crippen LogP contribution in [0.15, 0.2) is 18.2 Å². The zero-order valence-electron chi connectivity index (χ0n) is 18.7. The standard InChI is InChI=1S/C23H24F3N3O5/c1-21-11-28(8-4-3-5-16(30)31)12-22(2,34-21)18-17(21)19(32)29(20(18)33)14-7-6-13(10-27)15(9-14)23(24,25)26/h6-7,9,17-18H,3-5,8,11-12H2,1-2H3,(H,30,31)/t17-,18?,21-,22+/m0/s1. The van der Waals surface area contributed by atoms with Gasteiger partial charge < -0.3 is 9.84 Å². The molecule has 1 unspecified atom stereocenters. The number of likely N-dealkylation sites (tertiary alicyclic amines) is 1. The molecule has 11 heteroatoms. The molecule has 1 N–H and O–H groups in total. The molecule has 0 saturated carbocycles. The van der Waals surface area contributed by atoms with Gasteiger partial charge in [0.25, 0.3) is 0 Å². The molecule has 1 aromatic carbocycles. The van der Waals surface area contributed by atoms with Crippen LogP contribution >= 0.6 is 0 Å². The third-order valence-electron chi connectivity index (χ3n) is 6.97. The molecule has 2 bridgehead atoms. The topological polar surface area (TPSA) is 111 Å². The Labute approximate surface area is 193 Å². The predicted octanol–water partition coefficient (Wildman–Crippen LogP) is 2.80. The monoisotopic (exact) mass is 479 g/mol. The highest BCUT2D eigenvalue weighted by molar-refractivity contribution is 6.23. The molecule has 4 rings (SSSR count). The summed E-state index contributed by atoms with van der Waals surface area (Å²) in [5.74, 6) is -3.83. The Bertz CT molecular complexity index is 1060. The van der Waals surface area contributed by atoms with Crippen molar-refractivity contribution in [3.05, 3.63) is 29.3 Å². The van der Waals surface area contributed by atoms with Crippen molar-refractivity contribution >= 4 is 23.5 Å². The van der Waals surface area contributed by atoms with Crippen LogP contribution in [-0.4, -0.2) is 58.6 Å². The SMILES string of the molecule is C[C@]12CN(CCCCC(=O)O)C[C@](C)(O1)[C@@H]1C(=O)N(c3ccc(C#N)c(C(F)(F)F)c3)C(=O)C12. The van der Waals surface area contributed by atoms with Gasteiger partial charge in [-0.15, -0.1) is 0 Å². The van der Waals surface area contributed by atoms with E-state index < -0.39 is 58.1 Å². The number of ether oxygens (including phenoxy) is 1.